The van der Waals surface area contributed by atoms with Crippen molar-refractivity contribution in [1.82, 2.24) is 0 Å². The molecule has 2 aromatic carbocycles. The number of carbonyl (C=O) groups excluding carboxylic acids is 1. The molecule has 9 heteroatoms. The largest absolute Gasteiger partial charge is 0.481 e. The molecule has 2 rings (SSSR count). The molecule has 0 saturated heterocycles. The molecule has 1 N–H and O–H groups in total. The van der Waals surface area contributed by atoms with Gasteiger partial charge in [-0.2, -0.15) is 8.78 Å². The van der Waals surface area contributed by atoms with Crippen molar-refractivity contribution < 1.29 is 28.0 Å². The molecule has 0 aliphatic carbocycles. The van der Waals surface area contributed by atoms with E-state index in [9.17, 15) is 23.7 Å². The summed E-state index contributed by atoms with van der Waals surface area (Å²) >= 11 is 0. The van der Waals surface area contributed by atoms with E-state index in [-0.39, 0.29) is 22.9 Å². The van der Waals surface area contributed by atoms with Crippen LogP contribution in [0.15, 0.2) is 48.5 Å². The number of nitrogens with one attached hydrogen (secondary N) is 1. The lowest BCUT2D eigenvalue weighted by Gasteiger charge is -2.16. The van der Waals surface area contributed by atoms with Gasteiger partial charge >= 0.3 is 6.61 Å². The molecule has 0 heterocycles. The number of carbonyl (C=O) groups is 1. The van der Waals surface area contributed by atoms with Gasteiger partial charge in [0, 0.05) is 6.07 Å². The molecule has 0 spiro atoms. The number of anilines is 1. The van der Waals surface area contributed by atoms with Crippen molar-refractivity contribution in [3.8, 4) is 11.5 Å². The zero-order valence-corrected chi connectivity index (χ0v) is 13.0. The van der Waals surface area contributed by atoms with E-state index < -0.39 is 23.5 Å². The molecule has 25 heavy (non-hydrogen) atoms. The first-order valence-corrected chi connectivity index (χ1v) is 7.12. The molecule has 1 atom stereocenters. The lowest BCUT2D eigenvalue weighted by Crippen LogP contribution is -2.30. The zero-order chi connectivity index (χ0) is 18.4. The number of nitro benzene ring substituents is 1. The molecule has 2 aromatic rings. The van der Waals surface area contributed by atoms with Crippen molar-refractivity contribution >= 4 is 17.3 Å². The van der Waals surface area contributed by atoms with Crippen molar-refractivity contribution in [1.29, 1.82) is 0 Å². The first-order valence-electron chi connectivity index (χ1n) is 7.12. The molecule has 1 amide bonds. The van der Waals surface area contributed by atoms with E-state index in [1.807, 2.05) is 0 Å². The molecule has 0 unspecified atom stereocenters. The van der Waals surface area contributed by atoms with Crippen molar-refractivity contribution in [3.63, 3.8) is 0 Å². The summed E-state index contributed by atoms with van der Waals surface area (Å²) in [5.74, 6) is -0.681. The molecule has 0 radical (unpaired) electrons. The van der Waals surface area contributed by atoms with Crippen molar-refractivity contribution in [2.45, 2.75) is 19.6 Å². The second kappa shape index (κ2) is 8.04. The van der Waals surface area contributed by atoms with Crippen LogP contribution in [0, 0.1) is 10.1 Å². The van der Waals surface area contributed by atoms with Crippen molar-refractivity contribution in [2.24, 2.45) is 0 Å². The Kier molecular flexibility index (Phi) is 5.83. The number of hydrogen-bond donors (Lipinski definition) is 1. The van der Waals surface area contributed by atoms with Crippen LogP contribution in [0.5, 0.6) is 11.5 Å². The zero-order valence-electron chi connectivity index (χ0n) is 13.0. The van der Waals surface area contributed by atoms with E-state index in [1.54, 1.807) is 6.07 Å². The Labute approximate surface area is 141 Å². The predicted molar refractivity (Wildman–Crippen MR) is 84.9 cm³/mol. The molecular formula is C16H14F2N2O5. The number of hydrogen-bond acceptors (Lipinski definition) is 5. The summed E-state index contributed by atoms with van der Waals surface area (Å²) in [4.78, 5) is 22.3. The first kappa shape index (κ1) is 18.1. The number of benzene rings is 2. The molecule has 0 aliphatic rings. The van der Waals surface area contributed by atoms with Gasteiger partial charge in [0.2, 0.25) is 0 Å². The van der Waals surface area contributed by atoms with Gasteiger partial charge in [0.15, 0.2) is 6.10 Å². The van der Waals surface area contributed by atoms with Crippen LogP contribution in [-0.2, 0) is 4.79 Å². The number of alkyl halides is 2. The van der Waals surface area contributed by atoms with Gasteiger partial charge < -0.3 is 14.8 Å². The molecule has 0 bridgehead atoms. The van der Waals surface area contributed by atoms with Gasteiger partial charge in [0.1, 0.15) is 11.5 Å². The minimum Gasteiger partial charge on any atom is -0.481 e. The number of halogens is 2. The summed E-state index contributed by atoms with van der Waals surface area (Å²) in [5.41, 5.74) is -0.122. The smallest absolute Gasteiger partial charge is 0.387 e. The van der Waals surface area contributed by atoms with Crippen LogP contribution in [0.1, 0.15) is 6.92 Å². The predicted octanol–water partition coefficient (Wildman–Crippen LogP) is 3.60. The average molecular weight is 352 g/mol. The van der Waals surface area contributed by atoms with Gasteiger partial charge in [-0.15, -0.1) is 0 Å². The molecule has 0 aromatic heterocycles. The number of nitro groups is 1. The topological polar surface area (TPSA) is 90.7 Å². The average Bonchev–Trinajstić information content (AvgIpc) is 2.56. The molecular weight excluding hydrogens is 338 g/mol. The van der Waals surface area contributed by atoms with E-state index in [0.29, 0.717) is 0 Å². The second-order valence-corrected chi connectivity index (χ2v) is 4.88. The maximum atomic E-state index is 12.4. The molecule has 0 aliphatic heterocycles. The normalized spacial score (nSPS) is 11.7. The molecule has 7 nitrogen and oxygen atoms in total. The Balaban J connectivity index is 2.06. The highest BCUT2D eigenvalue weighted by Crippen LogP contribution is 2.26. The summed E-state index contributed by atoms with van der Waals surface area (Å²) < 4.78 is 34.4. The highest BCUT2D eigenvalue weighted by molar-refractivity contribution is 5.95. The minimum atomic E-state index is -3.03. The van der Waals surface area contributed by atoms with E-state index in [1.165, 1.54) is 49.4 Å². The summed E-state index contributed by atoms with van der Waals surface area (Å²) in [5, 5.41) is 13.2. The van der Waals surface area contributed by atoms with Crippen LogP contribution in [0.3, 0.4) is 0 Å². The molecule has 0 fully saturated rings. The van der Waals surface area contributed by atoms with E-state index >= 15 is 0 Å². The lowest BCUT2D eigenvalue weighted by molar-refractivity contribution is -0.384. The van der Waals surface area contributed by atoms with Crippen molar-refractivity contribution in [3.05, 3.63) is 58.6 Å². The van der Waals surface area contributed by atoms with Crippen LogP contribution in [0.25, 0.3) is 0 Å². The minimum absolute atomic E-state index is 0.0577. The third kappa shape index (κ3) is 5.13. The number of non-ortho nitro benzene ring substituents is 1. The van der Waals surface area contributed by atoms with E-state index in [4.69, 9.17) is 4.74 Å². The van der Waals surface area contributed by atoms with Gasteiger partial charge in [0.05, 0.1) is 16.7 Å². The Morgan fingerprint density at radius 3 is 2.56 bits per heavy atom. The SMILES string of the molecule is C[C@@H](Oc1cccc([N+](=O)[O-])c1)C(=O)Nc1ccccc1OC(F)F. The number of nitrogens with zero attached hydrogens (tertiary/aromatic N) is 1. The third-order valence-electron chi connectivity index (χ3n) is 3.07. The number of amides is 1. The maximum Gasteiger partial charge on any atom is 0.387 e. The Bertz CT molecular complexity index is 770. The van der Waals surface area contributed by atoms with Crippen LogP contribution >= 0.6 is 0 Å². The highest BCUT2D eigenvalue weighted by atomic mass is 19.3. The fourth-order valence-electron chi connectivity index (χ4n) is 1.93. The van der Waals surface area contributed by atoms with Gasteiger partial charge in [-0.05, 0) is 25.1 Å². The van der Waals surface area contributed by atoms with E-state index in [2.05, 4.69) is 10.1 Å². The third-order valence-corrected chi connectivity index (χ3v) is 3.07. The fraction of sp³-hybridized carbons (Fsp3) is 0.188. The van der Waals surface area contributed by atoms with Gasteiger partial charge in [-0.25, -0.2) is 0 Å². The van der Waals surface area contributed by atoms with Crippen LogP contribution in [0.4, 0.5) is 20.2 Å². The molecule has 0 saturated carbocycles. The highest BCUT2D eigenvalue weighted by Gasteiger charge is 2.18. The van der Waals surface area contributed by atoms with Crippen LogP contribution < -0.4 is 14.8 Å². The Morgan fingerprint density at radius 1 is 1.16 bits per heavy atom. The summed E-state index contributed by atoms with van der Waals surface area (Å²) in [6.45, 7) is -1.61. The first-order chi connectivity index (χ1) is 11.9. The standard InChI is InChI=1S/C16H14F2N2O5/c1-10(24-12-6-4-5-11(9-12)20(22)23)15(21)19-13-7-2-3-8-14(13)25-16(17)18/h2-10,16H,1H3,(H,19,21)/t10-/m1/s1. The van der Waals surface area contributed by atoms with Gasteiger partial charge in [-0.1, -0.05) is 18.2 Å². The monoisotopic (exact) mass is 352 g/mol. The number of para-hydroxylation sites is 2. The second-order valence-electron chi connectivity index (χ2n) is 4.88. The maximum absolute atomic E-state index is 12.4. The van der Waals surface area contributed by atoms with Crippen LogP contribution in [-0.4, -0.2) is 23.5 Å². The number of ether oxygens (including phenoxy) is 2. The summed E-state index contributed by atoms with van der Waals surface area (Å²) in [6, 6.07) is 11.1. The summed E-state index contributed by atoms with van der Waals surface area (Å²) in [6.07, 6.45) is -1.03. The molecule has 132 valence electrons. The summed E-state index contributed by atoms with van der Waals surface area (Å²) in [7, 11) is 0. The quantitative estimate of drug-likeness (QED) is 0.607. The van der Waals surface area contributed by atoms with Gasteiger partial charge in [0.25, 0.3) is 11.6 Å². The van der Waals surface area contributed by atoms with Gasteiger partial charge in [-0.3, -0.25) is 14.9 Å². The van der Waals surface area contributed by atoms with Crippen molar-refractivity contribution in [2.75, 3.05) is 5.32 Å². The lowest BCUT2D eigenvalue weighted by atomic mass is 10.2. The fourth-order valence-corrected chi connectivity index (χ4v) is 1.93. The Hall–Kier alpha value is -3.23. The van der Waals surface area contributed by atoms with Crippen LogP contribution in [0.2, 0.25) is 0 Å². The van der Waals surface area contributed by atoms with E-state index in [0.717, 1.165) is 0 Å². The number of rotatable bonds is 7. The Morgan fingerprint density at radius 2 is 1.88 bits per heavy atom.